The number of fused-ring (bicyclic) bond motifs is 18. The van der Waals surface area contributed by atoms with Gasteiger partial charge in [-0.15, -0.1) is 0 Å². The largest absolute Gasteiger partial charge is 0.0654 e. The maximum Gasteiger partial charge on any atom is 0.0215 e. The monoisotopic (exact) mass is 1440 g/mol. The number of hydrogen-bond donors (Lipinski definition) is 0. The first-order valence-electron chi connectivity index (χ1n) is 43.8. The summed E-state index contributed by atoms with van der Waals surface area (Å²) in [4.78, 5) is 0. The second-order valence-electron chi connectivity index (χ2n) is 35.3. The molecule has 0 fully saturated rings. The second kappa shape index (κ2) is 31.2. The van der Waals surface area contributed by atoms with Gasteiger partial charge in [-0.05, 0) is 251 Å². The van der Waals surface area contributed by atoms with Gasteiger partial charge in [-0.3, -0.25) is 0 Å². The molecule has 0 saturated heterocycles. The zero-order valence-corrected chi connectivity index (χ0v) is 67.7. The van der Waals surface area contributed by atoms with Gasteiger partial charge in [-0.1, -0.05) is 391 Å². The van der Waals surface area contributed by atoms with Crippen molar-refractivity contribution in [3.8, 4) is 89.0 Å². The smallest absolute Gasteiger partial charge is 0.0215 e. The number of unbranched alkanes of at least 4 members (excludes halogenated alkanes) is 20. The van der Waals surface area contributed by atoms with E-state index in [1.54, 1.807) is 44.5 Å². The molecule has 0 heterocycles. The molecule has 4 aliphatic rings. The molecule has 0 atom stereocenters. The Morgan fingerprint density at radius 1 is 0.191 bits per heavy atom. The lowest BCUT2D eigenvalue weighted by Crippen LogP contribution is -2.27. The summed E-state index contributed by atoms with van der Waals surface area (Å²) in [6.07, 6.45) is 36.0. The molecule has 0 spiro atoms. The Morgan fingerprint density at radius 3 is 0.764 bits per heavy atom. The third-order valence-corrected chi connectivity index (χ3v) is 27.9. The van der Waals surface area contributed by atoms with Crippen LogP contribution in [0.5, 0.6) is 0 Å². The predicted molar refractivity (Wildman–Crippen MR) is 478 cm³/mol. The first-order chi connectivity index (χ1) is 53.9. The van der Waals surface area contributed by atoms with Crippen LogP contribution in [0.3, 0.4) is 0 Å². The standard InChI is InChI=1S/C110H118/c1-9-13-17-21-25-37-63-109(64-38-26-22-18-14-10-2)99-71-94-92-70-98-96(106-88-52-36-34-50-86(88)90(68-104(106)108(98,7)8)80-61-57-78(58-62-80)84-54-42-46-76-44-30-32-48-82(76)84)74-102(92)110(65-39-27-23-19-15-11-3,66-40-28-24-20-16-12-4)100(94)72-93(99)91-69-97-95(73-101(91)109)105-87-51-35-33-49-85(87)89(67-103(105)107(97,5)6)79-59-55-77(56-60-79)83-53-41-45-75-43-29-31-47-81(75)83/h29-36,41-62,67-74H,9-28,37-40,63-66H2,1-8H3. The van der Waals surface area contributed by atoms with Gasteiger partial charge in [0.2, 0.25) is 0 Å². The Balaban J connectivity index is 0.846. The summed E-state index contributed by atoms with van der Waals surface area (Å²) in [6, 6.07) is 91.7. The Morgan fingerprint density at radius 2 is 0.436 bits per heavy atom. The summed E-state index contributed by atoms with van der Waals surface area (Å²) in [5, 5.41) is 10.6. The van der Waals surface area contributed by atoms with E-state index >= 15 is 0 Å². The lowest BCUT2D eigenvalue weighted by Gasteiger charge is -2.35. The lowest BCUT2D eigenvalue weighted by atomic mass is 9.68. The van der Waals surface area contributed by atoms with Crippen LogP contribution >= 0.6 is 0 Å². The molecule has 0 bridgehead atoms. The van der Waals surface area contributed by atoms with E-state index in [4.69, 9.17) is 0 Å². The van der Waals surface area contributed by atoms with Gasteiger partial charge in [0.05, 0.1) is 0 Å². The van der Waals surface area contributed by atoms with Crippen LogP contribution in [0.4, 0.5) is 0 Å². The van der Waals surface area contributed by atoms with Crippen molar-refractivity contribution in [2.45, 2.75) is 257 Å². The molecular weight excluding hydrogens is 1320 g/mol. The van der Waals surface area contributed by atoms with Crippen molar-refractivity contribution in [3.05, 3.63) is 275 Å². The first kappa shape index (κ1) is 73.7. The zero-order chi connectivity index (χ0) is 75.1. The molecule has 0 amide bonds. The highest BCUT2D eigenvalue weighted by molar-refractivity contribution is 6.12. The van der Waals surface area contributed by atoms with Crippen LogP contribution < -0.4 is 0 Å². The Labute approximate surface area is 659 Å². The van der Waals surface area contributed by atoms with Gasteiger partial charge in [0, 0.05) is 21.7 Å². The van der Waals surface area contributed by atoms with E-state index in [0.717, 1.165) is 0 Å². The normalized spacial score (nSPS) is 14.8. The van der Waals surface area contributed by atoms with Crippen molar-refractivity contribution in [3.63, 3.8) is 0 Å². The van der Waals surface area contributed by atoms with E-state index in [1.165, 1.54) is 312 Å². The van der Waals surface area contributed by atoms with Gasteiger partial charge in [0.15, 0.2) is 0 Å². The van der Waals surface area contributed by atoms with E-state index in [9.17, 15) is 0 Å². The molecule has 0 nitrogen and oxygen atoms in total. The van der Waals surface area contributed by atoms with Crippen LogP contribution in [0.1, 0.15) is 280 Å². The van der Waals surface area contributed by atoms with Gasteiger partial charge in [-0.2, -0.15) is 0 Å². The topological polar surface area (TPSA) is 0 Å². The molecule has 0 heteroatoms. The van der Waals surface area contributed by atoms with Crippen LogP contribution in [0.15, 0.2) is 231 Å². The molecule has 0 unspecified atom stereocenters. The van der Waals surface area contributed by atoms with Gasteiger partial charge >= 0.3 is 0 Å². The van der Waals surface area contributed by atoms with E-state index < -0.39 is 0 Å². The maximum absolute atomic E-state index is 2.94. The molecule has 110 heavy (non-hydrogen) atoms. The quantitative estimate of drug-likeness (QED) is 0.0369. The van der Waals surface area contributed by atoms with Crippen molar-refractivity contribution in [2.24, 2.45) is 0 Å². The van der Waals surface area contributed by atoms with E-state index in [1.807, 2.05) is 0 Å². The molecule has 0 radical (unpaired) electrons. The van der Waals surface area contributed by atoms with Gasteiger partial charge in [0.25, 0.3) is 0 Å². The van der Waals surface area contributed by atoms with Gasteiger partial charge in [-0.25, -0.2) is 0 Å². The minimum atomic E-state index is -0.241. The third-order valence-electron chi connectivity index (χ3n) is 27.9. The second-order valence-corrected chi connectivity index (χ2v) is 35.3. The molecule has 0 N–H and O–H groups in total. The molecule has 13 aromatic carbocycles. The molecule has 0 aliphatic heterocycles. The highest BCUT2D eigenvalue weighted by Crippen LogP contribution is 2.66. The highest BCUT2D eigenvalue weighted by Gasteiger charge is 2.51. The van der Waals surface area contributed by atoms with E-state index in [2.05, 4.69) is 286 Å². The molecular formula is C110H118. The van der Waals surface area contributed by atoms with Gasteiger partial charge < -0.3 is 0 Å². The molecule has 558 valence electrons. The van der Waals surface area contributed by atoms with Crippen LogP contribution in [-0.4, -0.2) is 0 Å². The molecule has 13 aromatic rings. The van der Waals surface area contributed by atoms with Crippen LogP contribution in [-0.2, 0) is 21.7 Å². The predicted octanol–water partition coefficient (Wildman–Crippen LogP) is 33.1. The lowest BCUT2D eigenvalue weighted by molar-refractivity contribution is 0.394. The fourth-order valence-corrected chi connectivity index (χ4v) is 21.9. The maximum atomic E-state index is 2.94. The zero-order valence-electron chi connectivity index (χ0n) is 67.7. The first-order valence-corrected chi connectivity index (χ1v) is 43.8. The highest BCUT2D eigenvalue weighted by atomic mass is 14.5. The SMILES string of the molecule is CCCCCCCCC1(CCCCCCCC)c2cc3c(cc2-c2cc4c(cc21)-c1cc2c(cc1C4(CCCCCCCC)CCCCCCCC)-c1c(cc(-c4ccc(-c5cccc6ccccc56)cc4)c4ccccc14)C2(C)C)C(C)(C)c1cc(-c2ccc(-c4cccc5ccccc45)cc2)c2ccccc2c1-3. The Kier molecular flexibility index (Phi) is 20.9. The minimum absolute atomic E-state index is 0.128. The minimum Gasteiger partial charge on any atom is -0.0654 e. The fourth-order valence-electron chi connectivity index (χ4n) is 21.9. The summed E-state index contributed by atoms with van der Waals surface area (Å²) in [7, 11) is 0. The summed E-state index contributed by atoms with van der Waals surface area (Å²) < 4.78 is 0. The van der Waals surface area contributed by atoms with Crippen molar-refractivity contribution in [1.29, 1.82) is 0 Å². The number of hydrogen-bond acceptors (Lipinski definition) is 0. The van der Waals surface area contributed by atoms with Crippen molar-refractivity contribution in [1.82, 2.24) is 0 Å². The van der Waals surface area contributed by atoms with Crippen LogP contribution in [0, 0.1) is 0 Å². The number of rotatable bonds is 32. The summed E-state index contributed by atoms with van der Waals surface area (Å²) >= 11 is 0. The third kappa shape index (κ3) is 12.9. The van der Waals surface area contributed by atoms with E-state index in [0.29, 0.717) is 0 Å². The molecule has 4 aliphatic carbocycles. The van der Waals surface area contributed by atoms with Crippen molar-refractivity contribution in [2.75, 3.05) is 0 Å². The summed E-state index contributed by atoms with van der Waals surface area (Å²) in [6.45, 7) is 19.8. The average molecular weight is 1440 g/mol. The summed E-state index contributed by atoms with van der Waals surface area (Å²) in [5.74, 6) is 0. The Bertz CT molecular complexity index is 5160. The number of benzene rings is 13. The molecule has 17 rings (SSSR count). The molecule has 0 aromatic heterocycles. The van der Waals surface area contributed by atoms with Crippen LogP contribution in [0.2, 0.25) is 0 Å². The van der Waals surface area contributed by atoms with Gasteiger partial charge in [0.1, 0.15) is 0 Å². The fraction of sp³-hybridized carbons (Fsp3) is 0.364. The Hall–Kier alpha value is -9.10. The molecule has 0 saturated carbocycles. The van der Waals surface area contributed by atoms with Crippen molar-refractivity contribution >= 4 is 43.1 Å². The summed E-state index contributed by atoms with van der Waals surface area (Å²) in [5.41, 5.74) is 34.2. The van der Waals surface area contributed by atoms with Crippen molar-refractivity contribution < 1.29 is 0 Å². The van der Waals surface area contributed by atoms with Crippen LogP contribution in [0.25, 0.3) is 132 Å². The average Bonchev–Trinajstić information content (AvgIpc) is 1.52. The van der Waals surface area contributed by atoms with E-state index in [-0.39, 0.29) is 21.7 Å².